The van der Waals surface area contributed by atoms with E-state index in [0.29, 0.717) is 6.04 Å². The Hall–Kier alpha value is -1.75. The quantitative estimate of drug-likeness (QED) is 0.552. The van der Waals surface area contributed by atoms with Gasteiger partial charge in [0.15, 0.2) is 5.96 Å². The van der Waals surface area contributed by atoms with Crippen molar-refractivity contribution in [3.63, 3.8) is 0 Å². The van der Waals surface area contributed by atoms with Crippen molar-refractivity contribution in [1.29, 1.82) is 0 Å². The van der Waals surface area contributed by atoms with Gasteiger partial charge in [0.25, 0.3) is 0 Å². The van der Waals surface area contributed by atoms with Crippen LogP contribution in [0, 0.1) is 0 Å². The summed E-state index contributed by atoms with van der Waals surface area (Å²) in [7, 11) is 4.11. The third-order valence-corrected chi connectivity index (χ3v) is 4.50. The van der Waals surface area contributed by atoms with Gasteiger partial charge < -0.3 is 20.6 Å². The van der Waals surface area contributed by atoms with Gasteiger partial charge in [0.1, 0.15) is 0 Å². The second-order valence-electron chi connectivity index (χ2n) is 6.72. The van der Waals surface area contributed by atoms with Crippen LogP contribution in [0.2, 0.25) is 0 Å². The number of benzene rings is 1. The normalized spacial score (nSPS) is 21.4. The monoisotopic (exact) mass is 332 g/mol. The lowest BCUT2D eigenvalue weighted by atomic mass is 9.93. The van der Waals surface area contributed by atoms with Gasteiger partial charge in [0, 0.05) is 38.9 Å². The van der Waals surface area contributed by atoms with Gasteiger partial charge in [0.2, 0.25) is 0 Å². The van der Waals surface area contributed by atoms with Crippen LogP contribution >= 0.6 is 0 Å². The summed E-state index contributed by atoms with van der Waals surface area (Å²) in [6.45, 7) is 3.71. The first-order valence-electron chi connectivity index (χ1n) is 9.07. The first kappa shape index (κ1) is 18.6. The summed E-state index contributed by atoms with van der Waals surface area (Å²) < 4.78 is 0. The third-order valence-electron chi connectivity index (χ3n) is 4.50. The highest BCUT2D eigenvalue weighted by Gasteiger charge is 2.19. The fraction of sp³-hybridized carbons (Fsp3) is 0.632. The van der Waals surface area contributed by atoms with Crippen molar-refractivity contribution in [2.45, 2.75) is 51.2 Å². The molecule has 1 saturated carbocycles. The molecule has 24 heavy (non-hydrogen) atoms. The zero-order valence-corrected chi connectivity index (χ0v) is 15.3. The maximum Gasteiger partial charge on any atom is 0.191 e. The van der Waals surface area contributed by atoms with Crippen LogP contribution in [0.5, 0.6) is 0 Å². The summed E-state index contributed by atoms with van der Waals surface area (Å²) in [6.07, 6.45) is 4.61. The Morgan fingerprint density at radius 2 is 1.83 bits per heavy atom. The van der Waals surface area contributed by atoms with Gasteiger partial charge in [-0.2, -0.15) is 0 Å². The van der Waals surface area contributed by atoms with Crippen molar-refractivity contribution >= 4 is 11.6 Å². The molecule has 1 fully saturated rings. The molecule has 134 valence electrons. The van der Waals surface area contributed by atoms with E-state index in [-0.39, 0.29) is 6.10 Å². The fourth-order valence-corrected chi connectivity index (χ4v) is 2.99. The van der Waals surface area contributed by atoms with E-state index in [4.69, 9.17) is 4.99 Å². The van der Waals surface area contributed by atoms with E-state index < -0.39 is 0 Å². The minimum absolute atomic E-state index is 0.118. The number of guanidine groups is 1. The first-order chi connectivity index (χ1) is 11.6. The number of nitrogens with zero attached hydrogens (tertiary/aromatic N) is 2. The largest absolute Gasteiger partial charge is 0.393 e. The molecule has 5 heteroatoms. The van der Waals surface area contributed by atoms with Gasteiger partial charge in [-0.3, -0.25) is 4.99 Å². The molecule has 0 aromatic heterocycles. The van der Waals surface area contributed by atoms with Crippen LogP contribution in [0.15, 0.2) is 29.3 Å². The summed E-state index contributed by atoms with van der Waals surface area (Å²) in [5.74, 6) is 0.892. The van der Waals surface area contributed by atoms with Crippen molar-refractivity contribution in [2.24, 2.45) is 4.99 Å². The first-order valence-corrected chi connectivity index (χ1v) is 9.07. The Balaban J connectivity index is 1.83. The van der Waals surface area contributed by atoms with Crippen LogP contribution < -0.4 is 15.5 Å². The molecule has 0 bridgehead atoms. The summed E-state index contributed by atoms with van der Waals surface area (Å²) in [4.78, 5) is 6.81. The van der Waals surface area contributed by atoms with Crippen LogP contribution in [0.25, 0.3) is 0 Å². The molecule has 0 unspecified atom stereocenters. The summed E-state index contributed by atoms with van der Waals surface area (Å²) in [6, 6.07) is 9.07. The number of aliphatic hydroxyl groups is 1. The topological polar surface area (TPSA) is 59.9 Å². The third kappa shape index (κ3) is 6.04. The van der Waals surface area contributed by atoms with Crippen LogP contribution in [-0.2, 0) is 6.42 Å². The number of nitrogens with one attached hydrogen (secondary N) is 2. The number of aliphatic hydroxyl groups excluding tert-OH is 1. The SMILES string of the molecule is CCNC(=NCCc1ccc(N(C)C)cc1)NC1CCC(O)CC1. The maximum atomic E-state index is 9.61. The highest BCUT2D eigenvalue weighted by Crippen LogP contribution is 2.18. The lowest BCUT2D eigenvalue weighted by Gasteiger charge is -2.27. The van der Waals surface area contributed by atoms with E-state index >= 15 is 0 Å². The zero-order chi connectivity index (χ0) is 17.4. The molecule has 1 aliphatic rings. The van der Waals surface area contributed by atoms with Crippen molar-refractivity contribution in [1.82, 2.24) is 10.6 Å². The average Bonchev–Trinajstić information content (AvgIpc) is 2.57. The van der Waals surface area contributed by atoms with Gasteiger partial charge in [0.05, 0.1) is 6.10 Å². The molecule has 1 aromatic carbocycles. The van der Waals surface area contributed by atoms with E-state index in [9.17, 15) is 5.11 Å². The molecule has 5 nitrogen and oxygen atoms in total. The number of rotatable bonds is 6. The van der Waals surface area contributed by atoms with E-state index in [0.717, 1.165) is 51.2 Å². The van der Waals surface area contributed by atoms with Crippen LogP contribution in [0.4, 0.5) is 5.69 Å². The van der Waals surface area contributed by atoms with Crippen LogP contribution in [0.3, 0.4) is 0 Å². The van der Waals surface area contributed by atoms with Crippen molar-refractivity contribution < 1.29 is 5.11 Å². The Kier molecular flexibility index (Phi) is 7.37. The van der Waals surface area contributed by atoms with E-state index in [1.807, 2.05) is 0 Å². The van der Waals surface area contributed by atoms with Crippen LogP contribution in [0.1, 0.15) is 38.2 Å². The Morgan fingerprint density at radius 3 is 2.42 bits per heavy atom. The number of hydrogen-bond acceptors (Lipinski definition) is 3. The Bertz CT molecular complexity index is 505. The second kappa shape index (κ2) is 9.52. The maximum absolute atomic E-state index is 9.61. The standard InChI is InChI=1S/C19H32N4O/c1-4-20-19(22-16-7-11-18(24)12-8-16)21-14-13-15-5-9-17(10-6-15)23(2)3/h5-6,9-10,16,18,24H,4,7-8,11-14H2,1-3H3,(H2,20,21,22). The summed E-state index contributed by atoms with van der Waals surface area (Å²) >= 11 is 0. The Labute approximate surface area is 146 Å². The zero-order valence-electron chi connectivity index (χ0n) is 15.3. The predicted molar refractivity (Wildman–Crippen MR) is 102 cm³/mol. The lowest BCUT2D eigenvalue weighted by Crippen LogP contribution is -2.45. The van der Waals surface area contributed by atoms with E-state index in [2.05, 4.69) is 60.8 Å². The lowest BCUT2D eigenvalue weighted by molar-refractivity contribution is 0.120. The Morgan fingerprint density at radius 1 is 1.17 bits per heavy atom. The predicted octanol–water partition coefficient (Wildman–Crippen LogP) is 2.15. The van der Waals surface area contributed by atoms with E-state index in [1.165, 1.54) is 11.3 Å². The molecule has 0 aliphatic heterocycles. The second-order valence-corrected chi connectivity index (χ2v) is 6.72. The van der Waals surface area contributed by atoms with Gasteiger partial charge in [-0.05, 0) is 56.7 Å². The molecule has 1 aromatic rings. The fourth-order valence-electron chi connectivity index (χ4n) is 2.99. The average molecular weight is 332 g/mol. The minimum Gasteiger partial charge on any atom is -0.393 e. The van der Waals surface area contributed by atoms with Gasteiger partial charge in [-0.25, -0.2) is 0 Å². The van der Waals surface area contributed by atoms with Crippen molar-refractivity contribution in [3.8, 4) is 0 Å². The molecule has 2 rings (SSSR count). The van der Waals surface area contributed by atoms with Gasteiger partial charge in [-0.1, -0.05) is 12.1 Å². The van der Waals surface area contributed by atoms with Crippen molar-refractivity contribution in [3.05, 3.63) is 29.8 Å². The molecule has 0 atom stereocenters. The molecule has 1 aliphatic carbocycles. The minimum atomic E-state index is -0.118. The van der Waals surface area contributed by atoms with Crippen LogP contribution in [-0.4, -0.2) is 50.4 Å². The molecule has 0 amide bonds. The number of anilines is 1. The van der Waals surface area contributed by atoms with Gasteiger partial charge >= 0.3 is 0 Å². The molecular weight excluding hydrogens is 300 g/mol. The number of aliphatic imine (C=N–C) groups is 1. The molecule has 0 radical (unpaired) electrons. The molecular formula is C19H32N4O. The molecule has 0 spiro atoms. The molecule has 0 saturated heterocycles. The summed E-state index contributed by atoms with van der Waals surface area (Å²) in [5.41, 5.74) is 2.53. The number of hydrogen-bond donors (Lipinski definition) is 3. The molecule has 3 N–H and O–H groups in total. The molecule has 0 heterocycles. The smallest absolute Gasteiger partial charge is 0.191 e. The highest BCUT2D eigenvalue weighted by molar-refractivity contribution is 5.80. The highest BCUT2D eigenvalue weighted by atomic mass is 16.3. The summed E-state index contributed by atoms with van der Waals surface area (Å²) in [5, 5.41) is 16.4. The van der Waals surface area contributed by atoms with E-state index in [1.54, 1.807) is 0 Å². The van der Waals surface area contributed by atoms with Crippen molar-refractivity contribution in [2.75, 3.05) is 32.1 Å². The van der Waals surface area contributed by atoms with Gasteiger partial charge in [-0.15, -0.1) is 0 Å².